The van der Waals surface area contributed by atoms with Gasteiger partial charge in [-0.15, -0.1) is 0 Å². The highest BCUT2D eigenvalue weighted by atomic mass is 19.4. The minimum Gasteiger partial charge on any atom is -0.363 e. The molecule has 0 radical (unpaired) electrons. The quantitative estimate of drug-likeness (QED) is 0.512. The summed E-state index contributed by atoms with van der Waals surface area (Å²) in [5.41, 5.74) is -5.58. The van der Waals surface area contributed by atoms with Crippen LogP contribution in [0.2, 0.25) is 0 Å². The molecule has 2 amide bonds. The Morgan fingerprint density at radius 3 is 2.20 bits per heavy atom. The molecule has 160 valence electrons. The van der Waals surface area contributed by atoms with Crippen molar-refractivity contribution in [2.45, 2.75) is 24.1 Å². The molecule has 0 spiro atoms. The number of aliphatic hydroxyl groups is 1. The molecule has 0 bridgehead atoms. The number of Topliss-reactive ketones (excluding diaryl/α,β-unsaturated/α-hetero) is 1. The van der Waals surface area contributed by atoms with Crippen LogP contribution in [-0.4, -0.2) is 33.8 Å². The van der Waals surface area contributed by atoms with Crippen molar-refractivity contribution in [1.29, 1.82) is 0 Å². The Bertz CT molecular complexity index is 946. The van der Waals surface area contributed by atoms with Gasteiger partial charge in [0.25, 0.3) is 0 Å². The minimum atomic E-state index is -5.47. The van der Waals surface area contributed by atoms with E-state index in [1.54, 1.807) is 0 Å². The van der Waals surface area contributed by atoms with Gasteiger partial charge in [-0.1, -0.05) is 12.1 Å². The zero-order valence-corrected chi connectivity index (χ0v) is 14.8. The van der Waals surface area contributed by atoms with Gasteiger partial charge in [0.1, 0.15) is 5.92 Å². The number of amides is 2. The largest absolute Gasteiger partial charge is 0.437 e. The SMILES string of the molecule is O=C1N[C@H](c2ccc(C(F)(F)F)cc2)[C@@H](C(=O)c2cccnc2)[C@@](O)(C(F)(F)F)N1. The molecule has 1 aliphatic heterocycles. The monoisotopic (exact) mass is 433 g/mol. The molecule has 1 fully saturated rings. The summed E-state index contributed by atoms with van der Waals surface area (Å²) >= 11 is 0. The number of benzene rings is 1. The second-order valence-corrected chi connectivity index (χ2v) is 6.54. The first-order valence-corrected chi connectivity index (χ1v) is 8.34. The van der Waals surface area contributed by atoms with E-state index in [0.717, 1.165) is 24.4 Å². The Hall–Kier alpha value is -3.15. The summed E-state index contributed by atoms with van der Waals surface area (Å²) in [4.78, 5) is 28.4. The molecule has 3 N–H and O–H groups in total. The van der Waals surface area contributed by atoms with Crippen molar-refractivity contribution in [3.05, 3.63) is 65.5 Å². The number of nitrogens with one attached hydrogen (secondary N) is 2. The maximum absolute atomic E-state index is 13.7. The Labute approximate surface area is 164 Å². The van der Waals surface area contributed by atoms with Gasteiger partial charge in [-0.2, -0.15) is 26.3 Å². The molecular formula is C18H13F6N3O3. The molecule has 6 nitrogen and oxygen atoms in total. The maximum atomic E-state index is 13.7. The fourth-order valence-electron chi connectivity index (χ4n) is 3.18. The molecular weight excluding hydrogens is 420 g/mol. The zero-order chi connectivity index (χ0) is 22.3. The summed E-state index contributed by atoms with van der Waals surface area (Å²) in [6.07, 6.45) is -7.94. The molecule has 1 aromatic carbocycles. The summed E-state index contributed by atoms with van der Waals surface area (Å²) in [6, 6.07) is 2.08. The zero-order valence-electron chi connectivity index (χ0n) is 14.8. The lowest BCUT2D eigenvalue weighted by Gasteiger charge is -2.45. The van der Waals surface area contributed by atoms with Crippen molar-refractivity contribution in [2.24, 2.45) is 5.92 Å². The first-order valence-electron chi connectivity index (χ1n) is 8.34. The third-order valence-corrected chi connectivity index (χ3v) is 4.63. The molecule has 30 heavy (non-hydrogen) atoms. The molecule has 0 unspecified atom stereocenters. The summed E-state index contributed by atoms with van der Waals surface area (Å²) in [6.45, 7) is 0. The number of pyridine rings is 1. The molecule has 1 aromatic heterocycles. The van der Waals surface area contributed by atoms with Crippen molar-refractivity contribution >= 4 is 11.8 Å². The van der Waals surface area contributed by atoms with Crippen molar-refractivity contribution in [3.63, 3.8) is 0 Å². The van der Waals surface area contributed by atoms with E-state index < -0.39 is 47.4 Å². The summed E-state index contributed by atoms with van der Waals surface area (Å²) < 4.78 is 79.6. The molecule has 0 saturated carbocycles. The predicted molar refractivity (Wildman–Crippen MR) is 88.9 cm³/mol. The van der Waals surface area contributed by atoms with Crippen LogP contribution < -0.4 is 10.6 Å². The Morgan fingerprint density at radius 2 is 1.70 bits per heavy atom. The number of alkyl halides is 6. The van der Waals surface area contributed by atoms with Crippen molar-refractivity contribution in [1.82, 2.24) is 15.6 Å². The van der Waals surface area contributed by atoms with E-state index in [4.69, 9.17) is 0 Å². The third kappa shape index (κ3) is 3.82. The number of nitrogens with zero attached hydrogens (tertiary/aromatic N) is 1. The van der Waals surface area contributed by atoms with E-state index in [2.05, 4.69) is 10.3 Å². The van der Waals surface area contributed by atoms with Crippen molar-refractivity contribution in [2.75, 3.05) is 0 Å². The van der Waals surface area contributed by atoms with E-state index in [-0.39, 0.29) is 11.1 Å². The normalized spacial score (nSPS) is 24.7. The van der Waals surface area contributed by atoms with Gasteiger partial charge in [0.05, 0.1) is 11.6 Å². The number of urea groups is 1. The van der Waals surface area contributed by atoms with Crippen LogP contribution in [0.25, 0.3) is 0 Å². The predicted octanol–water partition coefficient (Wildman–Crippen LogP) is 3.20. The van der Waals surface area contributed by atoms with Gasteiger partial charge in [0.2, 0.25) is 5.72 Å². The second kappa shape index (κ2) is 7.27. The lowest BCUT2D eigenvalue weighted by Crippen LogP contribution is -2.72. The van der Waals surface area contributed by atoms with E-state index >= 15 is 0 Å². The van der Waals surface area contributed by atoms with Crippen LogP contribution in [0.4, 0.5) is 31.1 Å². The van der Waals surface area contributed by atoms with Crippen LogP contribution in [0.15, 0.2) is 48.8 Å². The number of hydrogen-bond donors (Lipinski definition) is 3. The van der Waals surface area contributed by atoms with Gasteiger partial charge in [0.15, 0.2) is 5.78 Å². The van der Waals surface area contributed by atoms with E-state index in [1.165, 1.54) is 17.6 Å². The van der Waals surface area contributed by atoms with E-state index in [1.807, 2.05) is 0 Å². The fraction of sp³-hybridized carbons (Fsp3) is 0.278. The van der Waals surface area contributed by atoms with Gasteiger partial charge in [0, 0.05) is 18.0 Å². The van der Waals surface area contributed by atoms with Crippen LogP contribution in [-0.2, 0) is 6.18 Å². The van der Waals surface area contributed by atoms with Gasteiger partial charge in [-0.3, -0.25) is 9.78 Å². The smallest absolute Gasteiger partial charge is 0.363 e. The highest BCUT2D eigenvalue weighted by Gasteiger charge is 2.66. The summed E-state index contributed by atoms with van der Waals surface area (Å²) in [5, 5.41) is 13.8. The lowest BCUT2D eigenvalue weighted by molar-refractivity contribution is -0.287. The highest BCUT2D eigenvalue weighted by Crippen LogP contribution is 2.44. The van der Waals surface area contributed by atoms with Crippen LogP contribution in [0.1, 0.15) is 27.5 Å². The Balaban J connectivity index is 2.13. The molecule has 1 aliphatic rings. The van der Waals surface area contributed by atoms with Crippen LogP contribution in [0.5, 0.6) is 0 Å². The average molecular weight is 433 g/mol. The average Bonchev–Trinajstić information content (AvgIpc) is 2.66. The first kappa shape index (κ1) is 21.6. The fourth-order valence-corrected chi connectivity index (χ4v) is 3.18. The molecule has 1 saturated heterocycles. The summed E-state index contributed by atoms with van der Waals surface area (Å²) in [7, 11) is 0. The number of aromatic nitrogens is 1. The van der Waals surface area contributed by atoms with Gasteiger partial charge >= 0.3 is 18.4 Å². The molecule has 2 heterocycles. The lowest BCUT2D eigenvalue weighted by atomic mass is 9.77. The van der Waals surface area contributed by atoms with E-state index in [0.29, 0.717) is 12.1 Å². The number of carbonyl (C=O) groups excluding carboxylic acids is 2. The van der Waals surface area contributed by atoms with Gasteiger partial charge < -0.3 is 15.7 Å². The maximum Gasteiger partial charge on any atom is 0.437 e. The number of halogens is 6. The van der Waals surface area contributed by atoms with E-state index in [9.17, 15) is 41.0 Å². The molecule has 3 atom stereocenters. The molecule has 12 heteroatoms. The number of rotatable bonds is 3. The van der Waals surface area contributed by atoms with Crippen molar-refractivity contribution in [3.8, 4) is 0 Å². The second-order valence-electron chi connectivity index (χ2n) is 6.54. The molecule has 3 rings (SSSR count). The number of carbonyl (C=O) groups is 2. The van der Waals surface area contributed by atoms with Gasteiger partial charge in [-0.25, -0.2) is 4.79 Å². The summed E-state index contributed by atoms with van der Waals surface area (Å²) in [5.74, 6) is -3.57. The number of hydrogen-bond acceptors (Lipinski definition) is 4. The van der Waals surface area contributed by atoms with Crippen LogP contribution >= 0.6 is 0 Å². The first-order chi connectivity index (χ1) is 13.8. The molecule has 0 aliphatic carbocycles. The van der Waals surface area contributed by atoms with Crippen LogP contribution in [0.3, 0.4) is 0 Å². The minimum absolute atomic E-state index is 0.234. The molecule has 2 aromatic rings. The van der Waals surface area contributed by atoms with Crippen LogP contribution in [0, 0.1) is 5.92 Å². The highest BCUT2D eigenvalue weighted by molar-refractivity contribution is 6.00. The topological polar surface area (TPSA) is 91.3 Å². The van der Waals surface area contributed by atoms with Crippen molar-refractivity contribution < 1.29 is 41.0 Å². The third-order valence-electron chi connectivity index (χ3n) is 4.63. The van der Waals surface area contributed by atoms with Gasteiger partial charge in [-0.05, 0) is 29.8 Å². The number of ketones is 1. The Kier molecular flexibility index (Phi) is 5.23. The standard InChI is InChI=1S/C18H13F6N3O3/c19-17(20,21)11-5-3-9(4-6-11)13-12(14(28)10-2-1-7-25-8-10)16(30,18(22,23)24)27-15(29)26-13/h1-8,12-13,30H,(H2,26,27,29)/t12-,13+,16+/m0/s1. The Morgan fingerprint density at radius 1 is 1.07 bits per heavy atom.